The van der Waals surface area contributed by atoms with Crippen LogP contribution >= 0.6 is 0 Å². The number of hydrogen-bond donors (Lipinski definition) is 3. The van der Waals surface area contributed by atoms with E-state index >= 15 is 0 Å². The van der Waals surface area contributed by atoms with Crippen LogP contribution in [-0.4, -0.2) is 35.3 Å². The van der Waals surface area contributed by atoms with Gasteiger partial charge in [-0.3, -0.25) is 4.79 Å². The van der Waals surface area contributed by atoms with Gasteiger partial charge in [0.05, 0.1) is 12.1 Å². The number of hydrogen-bond acceptors (Lipinski definition) is 4. The highest BCUT2D eigenvalue weighted by atomic mass is 19.1. The molecule has 3 aromatic carbocycles. The summed E-state index contributed by atoms with van der Waals surface area (Å²) in [6, 6.07) is 19.3. The molecule has 1 aliphatic rings. The van der Waals surface area contributed by atoms with Crippen LogP contribution in [0.15, 0.2) is 72.8 Å². The Hall–Kier alpha value is -3.29. The fourth-order valence-electron chi connectivity index (χ4n) is 5.48. The molecule has 0 heterocycles. The minimum Gasteiger partial charge on any atom is -0.488 e. The van der Waals surface area contributed by atoms with Crippen molar-refractivity contribution in [3.05, 3.63) is 101 Å². The van der Waals surface area contributed by atoms with Crippen molar-refractivity contribution in [2.24, 2.45) is 0 Å². The number of halogens is 2. The van der Waals surface area contributed by atoms with Gasteiger partial charge < -0.3 is 20.5 Å². The molecule has 1 fully saturated rings. The molecule has 4 rings (SSSR count). The Bertz CT molecular complexity index is 1250. The molecule has 1 saturated carbocycles. The molecule has 0 spiro atoms. The van der Waals surface area contributed by atoms with Gasteiger partial charge >= 0.3 is 0 Å². The number of nitrogens with one attached hydrogen (secondary N) is 2. The zero-order valence-corrected chi connectivity index (χ0v) is 23.6. The summed E-state index contributed by atoms with van der Waals surface area (Å²) in [6.07, 6.45) is 4.08. The Labute approximate surface area is 236 Å². The van der Waals surface area contributed by atoms with Crippen LogP contribution in [0.5, 0.6) is 5.75 Å². The van der Waals surface area contributed by atoms with Gasteiger partial charge in [0.1, 0.15) is 23.0 Å². The average Bonchev–Trinajstić information content (AvgIpc) is 2.91. The summed E-state index contributed by atoms with van der Waals surface area (Å²) in [6.45, 7) is 6.22. The number of benzene rings is 3. The van der Waals surface area contributed by atoms with Crippen LogP contribution in [0, 0.1) is 11.6 Å². The van der Waals surface area contributed by atoms with E-state index in [0.29, 0.717) is 11.1 Å². The SMILES string of the molecule is CC(C)(C)Oc1cccc(C2(NC[C@H](O)[C@H](Cc3cc(F)cc(F)c3)NC(=O)c3ccccc3)CCCCC2)c1. The molecule has 1 aliphatic carbocycles. The van der Waals surface area contributed by atoms with Crippen LogP contribution in [0.1, 0.15) is 74.4 Å². The maximum Gasteiger partial charge on any atom is 0.251 e. The summed E-state index contributed by atoms with van der Waals surface area (Å²) >= 11 is 0. The minimum absolute atomic E-state index is 0.0675. The van der Waals surface area contributed by atoms with Gasteiger partial charge in [-0.15, -0.1) is 0 Å². The quantitative estimate of drug-likeness (QED) is 0.277. The predicted octanol–water partition coefficient (Wildman–Crippen LogP) is 6.29. The normalized spacial score (nSPS) is 16.6. The molecule has 0 saturated heterocycles. The van der Waals surface area contributed by atoms with Gasteiger partial charge in [0, 0.05) is 23.7 Å². The molecule has 7 heteroatoms. The van der Waals surface area contributed by atoms with Crippen LogP contribution in [0.3, 0.4) is 0 Å². The van der Waals surface area contributed by atoms with E-state index in [2.05, 4.69) is 22.8 Å². The van der Waals surface area contributed by atoms with Crippen molar-refractivity contribution in [2.45, 2.75) is 82.6 Å². The molecular weight excluding hydrogens is 510 g/mol. The fourth-order valence-corrected chi connectivity index (χ4v) is 5.48. The van der Waals surface area contributed by atoms with E-state index in [1.165, 1.54) is 12.1 Å². The van der Waals surface area contributed by atoms with Crippen molar-refractivity contribution < 1.29 is 23.4 Å². The number of aliphatic hydroxyl groups is 1. The highest BCUT2D eigenvalue weighted by Crippen LogP contribution is 2.38. The summed E-state index contributed by atoms with van der Waals surface area (Å²) in [4.78, 5) is 13.0. The van der Waals surface area contributed by atoms with Crippen LogP contribution < -0.4 is 15.4 Å². The van der Waals surface area contributed by atoms with Gasteiger partial charge in [0.25, 0.3) is 5.91 Å². The minimum atomic E-state index is -1.02. The number of carbonyl (C=O) groups is 1. The van der Waals surface area contributed by atoms with Gasteiger partial charge in [-0.1, -0.05) is 49.6 Å². The second-order valence-electron chi connectivity index (χ2n) is 11.8. The molecule has 0 bridgehead atoms. The molecule has 0 aromatic heterocycles. The molecule has 2 atom stereocenters. The second kappa shape index (κ2) is 12.9. The first-order chi connectivity index (χ1) is 19.0. The number of aliphatic hydroxyl groups excluding tert-OH is 1. The monoisotopic (exact) mass is 550 g/mol. The molecule has 5 nitrogen and oxygen atoms in total. The Morgan fingerprint density at radius 1 is 0.950 bits per heavy atom. The van der Waals surface area contributed by atoms with Gasteiger partial charge in [0.15, 0.2) is 0 Å². The zero-order chi connectivity index (χ0) is 28.8. The third-order valence-corrected chi connectivity index (χ3v) is 7.36. The lowest BCUT2D eigenvalue weighted by Crippen LogP contribution is -2.53. The molecule has 40 heavy (non-hydrogen) atoms. The maximum atomic E-state index is 14.0. The second-order valence-corrected chi connectivity index (χ2v) is 11.8. The summed E-state index contributed by atoms with van der Waals surface area (Å²) in [7, 11) is 0. The van der Waals surface area contributed by atoms with E-state index in [0.717, 1.165) is 49.5 Å². The van der Waals surface area contributed by atoms with Crippen molar-refractivity contribution in [3.8, 4) is 5.75 Å². The number of carbonyl (C=O) groups excluding carboxylic acids is 1. The molecular formula is C33H40F2N2O3. The molecule has 3 aromatic rings. The van der Waals surface area contributed by atoms with Crippen LogP contribution in [0.4, 0.5) is 8.78 Å². The van der Waals surface area contributed by atoms with Crippen molar-refractivity contribution in [3.63, 3.8) is 0 Å². The largest absolute Gasteiger partial charge is 0.488 e. The van der Waals surface area contributed by atoms with Gasteiger partial charge in [-0.05, 0) is 87.6 Å². The predicted molar refractivity (Wildman–Crippen MR) is 153 cm³/mol. The Balaban J connectivity index is 1.56. The topological polar surface area (TPSA) is 70.6 Å². The smallest absolute Gasteiger partial charge is 0.251 e. The first kappa shape index (κ1) is 29.7. The van der Waals surface area contributed by atoms with E-state index < -0.39 is 23.8 Å². The molecule has 0 unspecified atom stereocenters. The van der Waals surface area contributed by atoms with Crippen LogP contribution in [-0.2, 0) is 12.0 Å². The van der Waals surface area contributed by atoms with Crippen molar-refractivity contribution in [1.29, 1.82) is 0 Å². The van der Waals surface area contributed by atoms with Crippen molar-refractivity contribution in [1.82, 2.24) is 10.6 Å². The van der Waals surface area contributed by atoms with E-state index in [9.17, 15) is 18.7 Å². The van der Waals surface area contributed by atoms with Crippen LogP contribution in [0.25, 0.3) is 0 Å². The Morgan fingerprint density at radius 3 is 2.27 bits per heavy atom. The lowest BCUT2D eigenvalue weighted by atomic mass is 9.76. The van der Waals surface area contributed by atoms with E-state index in [1.54, 1.807) is 24.3 Å². The fraction of sp³-hybridized carbons (Fsp3) is 0.424. The lowest BCUT2D eigenvalue weighted by molar-refractivity contribution is 0.0787. The molecule has 0 radical (unpaired) electrons. The molecule has 3 N–H and O–H groups in total. The first-order valence-electron chi connectivity index (χ1n) is 14.1. The number of rotatable bonds is 10. The Morgan fingerprint density at radius 2 is 1.62 bits per heavy atom. The van der Waals surface area contributed by atoms with Crippen molar-refractivity contribution in [2.75, 3.05) is 6.54 Å². The summed E-state index contributed by atoms with van der Waals surface area (Å²) in [5.41, 5.74) is 1.20. The molecule has 0 aliphatic heterocycles. The van der Waals surface area contributed by atoms with Crippen LogP contribution in [0.2, 0.25) is 0 Å². The molecule has 1 amide bonds. The summed E-state index contributed by atoms with van der Waals surface area (Å²) in [5, 5.41) is 18.0. The average molecular weight is 551 g/mol. The molecule has 214 valence electrons. The van der Waals surface area contributed by atoms with Gasteiger partial charge in [0.2, 0.25) is 0 Å². The highest BCUT2D eigenvalue weighted by molar-refractivity contribution is 5.94. The zero-order valence-electron chi connectivity index (χ0n) is 23.6. The van der Waals surface area contributed by atoms with Gasteiger partial charge in [-0.25, -0.2) is 8.78 Å². The summed E-state index contributed by atoms with van der Waals surface area (Å²) < 4.78 is 34.0. The van der Waals surface area contributed by atoms with Gasteiger partial charge in [-0.2, -0.15) is 0 Å². The highest BCUT2D eigenvalue weighted by Gasteiger charge is 2.35. The standard InChI is InChI=1S/C33H40F2N2O3/c1-32(2,3)40-28-14-10-13-25(20-28)33(15-8-5-9-16-33)36-22-30(38)29(19-23-17-26(34)21-27(35)18-23)37-31(39)24-11-6-4-7-12-24/h4,6-7,10-14,17-18,20-21,29-30,36,38H,5,8-9,15-16,19,22H2,1-3H3,(H,37,39)/t29-,30-/m0/s1. The third-order valence-electron chi connectivity index (χ3n) is 7.36. The summed E-state index contributed by atoms with van der Waals surface area (Å²) in [5.74, 6) is -0.970. The number of amides is 1. The number of ether oxygens (including phenoxy) is 1. The maximum absolute atomic E-state index is 14.0. The van der Waals surface area contributed by atoms with Crippen molar-refractivity contribution >= 4 is 5.91 Å². The lowest BCUT2D eigenvalue weighted by Gasteiger charge is -2.40. The van der Waals surface area contributed by atoms with E-state index in [-0.39, 0.29) is 30.0 Å². The third kappa shape index (κ3) is 8.12. The van der Waals surface area contributed by atoms with E-state index in [1.807, 2.05) is 39.0 Å². The first-order valence-corrected chi connectivity index (χ1v) is 14.1. The van der Waals surface area contributed by atoms with E-state index in [4.69, 9.17) is 4.74 Å². The Kier molecular flexibility index (Phi) is 9.59.